The maximum atomic E-state index is 13.6. The second-order valence-corrected chi connectivity index (χ2v) is 4.18. The number of carbonyl (C=O) groups excluding carboxylic acids is 2. The number of nitrogens with zero attached hydrogens (tertiary/aromatic N) is 1. The molecule has 1 rings (SSSR count). The third-order valence-electron chi connectivity index (χ3n) is 2.78. The molecule has 0 bridgehead atoms. The van der Waals surface area contributed by atoms with E-state index < -0.39 is 23.5 Å². The second kappa shape index (κ2) is 7.22. The van der Waals surface area contributed by atoms with Crippen molar-refractivity contribution >= 4 is 23.6 Å². The lowest BCUT2D eigenvalue weighted by Crippen LogP contribution is -2.40. The maximum absolute atomic E-state index is 13.6. The minimum absolute atomic E-state index is 0.271. The van der Waals surface area contributed by atoms with Gasteiger partial charge in [-0.3, -0.25) is 4.79 Å². The summed E-state index contributed by atoms with van der Waals surface area (Å²) in [6.07, 6.45) is 0. The number of carboxylic acids is 1. The van der Waals surface area contributed by atoms with Crippen molar-refractivity contribution in [3.63, 3.8) is 0 Å². The van der Waals surface area contributed by atoms with Crippen LogP contribution in [0.25, 0.3) is 0 Å². The molecule has 0 fully saturated rings. The van der Waals surface area contributed by atoms with E-state index in [1.165, 1.54) is 11.0 Å². The van der Waals surface area contributed by atoms with Gasteiger partial charge in [-0.05, 0) is 19.1 Å². The highest BCUT2D eigenvalue weighted by molar-refractivity contribution is 6.00. The summed E-state index contributed by atoms with van der Waals surface area (Å²) < 4.78 is 13.6. The normalized spacial score (nSPS) is 9.86. The summed E-state index contributed by atoms with van der Waals surface area (Å²) in [6.45, 7) is 1.99. The van der Waals surface area contributed by atoms with Crippen molar-refractivity contribution in [1.82, 2.24) is 10.2 Å². The van der Waals surface area contributed by atoms with Gasteiger partial charge in [0.1, 0.15) is 5.82 Å². The number of likely N-dealkylation sites (N-methyl/N-ethyl adjacent to an activating group) is 1. The number of anilines is 1. The van der Waals surface area contributed by atoms with Crippen LogP contribution in [0.1, 0.15) is 17.3 Å². The number of urea groups is 1. The molecule has 0 aliphatic rings. The Morgan fingerprint density at radius 3 is 2.57 bits per heavy atom. The van der Waals surface area contributed by atoms with Crippen molar-refractivity contribution in [2.24, 2.45) is 0 Å². The lowest BCUT2D eigenvalue weighted by Gasteiger charge is -2.15. The SMILES string of the molecule is CCN(C)C(=O)CNC(=O)Nc1c(F)cccc1C(=O)O. The zero-order valence-electron chi connectivity index (χ0n) is 11.6. The lowest BCUT2D eigenvalue weighted by atomic mass is 10.1. The number of hydrogen-bond donors (Lipinski definition) is 3. The molecule has 0 radical (unpaired) electrons. The highest BCUT2D eigenvalue weighted by Gasteiger charge is 2.17. The van der Waals surface area contributed by atoms with Crippen LogP contribution in [0.4, 0.5) is 14.9 Å². The van der Waals surface area contributed by atoms with E-state index in [0.717, 1.165) is 12.1 Å². The van der Waals surface area contributed by atoms with Gasteiger partial charge in [-0.2, -0.15) is 0 Å². The summed E-state index contributed by atoms with van der Waals surface area (Å²) in [5, 5.41) is 13.3. The van der Waals surface area contributed by atoms with Gasteiger partial charge in [-0.1, -0.05) is 6.07 Å². The summed E-state index contributed by atoms with van der Waals surface area (Å²) in [5.41, 5.74) is -0.819. The standard InChI is InChI=1S/C13H16FN3O4/c1-3-17(2)10(18)7-15-13(21)16-11-8(12(19)20)5-4-6-9(11)14/h4-6H,3,7H2,1-2H3,(H,19,20)(H2,15,16,21). The summed E-state index contributed by atoms with van der Waals surface area (Å²) in [7, 11) is 1.57. The number of hydrogen-bond acceptors (Lipinski definition) is 3. The van der Waals surface area contributed by atoms with Gasteiger partial charge < -0.3 is 20.6 Å². The molecule has 0 saturated heterocycles. The molecule has 8 heteroatoms. The van der Waals surface area contributed by atoms with Gasteiger partial charge in [0.25, 0.3) is 0 Å². The molecule has 0 aliphatic heterocycles. The van der Waals surface area contributed by atoms with Crippen molar-refractivity contribution in [3.8, 4) is 0 Å². The Morgan fingerprint density at radius 2 is 2.00 bits per heavy atom. The van der Waals surface area contributed by atoms with Gasteiger partial charge >= 0.3 is 12.0 Å². The number of carbonyl (C=O) groups is 3. The number of aromatic carboxylic acids is 1. The van der Waals surface area contributed by atoms with Crippen molar-refractivity contribution in [1.29, 1.82) is 0 Å². The Bertz CT molecular complexity index is 562. The fraction of sp³-hybridized carbons (Fsp3) is 0.308. The monoisotopic (exact) mass is 297 g/mol. The molecule has 7 nitrogen and oxygen atoms in total. The molecule has 21 heavy (non-hydrogen) atoms. The van der Waals surface area contributed by atoms with E-state index >= 15 is 0 Å². The van der Waals surface area contributed by atoms with E-state index in [9.17, 15) is 18.8 Å². The largest absolute Gasteiger partial charge is 0.478 e. The highest BCUT2D eigenvalue weighted by Crippen LogP contribution is 2.19. The predicted octanol–water partition coefficient (Wildman–Crippen LogP) is 1.12. The van der Waals surface area contributed by atoms with Crippen LogP contribution < -0.4 is 10.6 Å². The first-order valence-electron chi connectivity index (χ1n) is 6.17. The first kappa shape index (κ1) is 16.4. The van der Waals surface area contributed by atoms with Gasteiger partial charge in [0.2, 0.25) is 5.91 Å². The molecular weight excluding hydrogens is 281 g/mol. The van der Waals surface area contributed by atoms with Gasteiger partial charge in [0, 0.05) is 13.6 Å². The third kappa shape index (κ3) is 4.44. The fourth-order valence-corrected chi connectivity index (χ4v) is 1.45. The molecule has 0 spiro atoms. The Hall–Kier alpha value is -2.64. The number of carboxylic acid groups (broad SMARTS) is 1. The number of para-hydroxylation sites is 1. The van der Waals surface area contributed by atoms with E-state index in [4.69, 9.17) is 5.11 Å². The minimum Gasteiger partial charge on any atom is -0.478 e. The molecule has 0 unspecified atom stereocenters. The molecule has 3 amide bonds. The minimum atomic E-state index is -1.37. The summed E-state index contributed by atoms with van der Waals surface area (Å²) in [6, 6.07) is 2.55. The van der Waals surface area contributed by atoms with Gasteiger partial charge in [-0.15, -0.1) is 0 Å². The van der Waals surface area contributed by atoms with Crippen LogP contribution in [0.3, 0.4) is 0 Å². The summed E-state index contributed by atoms with van der Waals surface area (Å²) >= 11 is 0. The Balaban J connectivity index is 2.72. The van der Waals surface area contributed by atoms with Gasteiger partial charge in [0.15, 0.2) is 0 Å². The molecule has 0 saturated carbocycles. The topological polar surface area (TPSA) is 98.7 Å². The molecule has 1 aromatic rings. The van der Waals surface area contributed by atoms with Crippen molar-refractivity contribution in [2.45, 2.75) is 6.92 Å². The first-order chi connectivity index (χ1) is 9.86. The molecule has 114 valence electrons. The lowest BCUT2D eigenvalue weighted by molar-refractivity contribution is -0.128. The van der Waals surface area contributed by atoms with E-state index in [1.807, 2.05) is 0 Å². The average Bonchev–Trinajstić information content (AvgIpc) is 2.45. The van der Waals surface area contributed by atoms with Crippen molar-refractivity contribution in [2.75, 3.05) is 25.5 Å². The summed E-state index contributed by atoms with van der Waals surface area (Å²) in [5.74, 6) is -2.56. The molecule has 0 aromatic heterocycles. The fourth-order valence-electron chi connectivity index (χ4n) is 1.45. The Morgan fingerprint density at radius 1 is 1.33 bits per heavy atom. The predicted molar refractivity (Wildman–Crippen MR) is 73.7 cm³/mol. The molecule has 0 heterocycles. The maximum Gasteiger partial charge on any atom is 0.337 e. The molecular formula is C13H16FN3O4. The van der Waals surface area contributed by atoms with Crippen LogP contribution >= 0.6 is 0 Å². The second-order valence-electron chi connectivity index (χ2n) is 4.18. The number of benzene rings is 1. The third-order valence-corrected chi connectivity index (χ3v) is 2.78. The summed E-state index contributed by atoms with van der Waals surface area (Å²) in [4.78, 5) is 35.4. The number of amides is 3. The number of halogens is 1. The van der Waals surface area contributed by atoms with Crippen LogP contribution in [0, 0.1) is 5.82 Å². The van der Waals surface area contributed by atoms with Crippen LogP contribution in [-0.4, -0.2) is 48.1 Å². The van der Waals surface area contributed by atoms with Crippen molar-refractivity contribution < 1.29 is 23.9 Å². The molecule has 1 aromatic carbocycles. The first-order valence-corrected chi connectivity index (χ1v) is 6.17. The van der Waals surface area contributed by atoms with E-state index in [2.05, 4.69) is 10.6 Å². The number of rotatable bonds is 5. The molecule has 0 atom stereocenters. The van der Waals surface area contributed by atoms with Crippen LogP contribution in [0.2, 0.25) is 0 Å². The van der Waals surface area contributed by atoms with Gasteiger partial charge in [-0.25, -0.2) is 14.0 Å². The van der Waals surface area contributed by atoms with E-state index in [-0.39, 0.29) is 18.0 Å². The van der Waals surface area contributed by atoms with Crippen molar-refractivity contribution in [3.05, 3.63) is 29.6 Å². The molecule has 3 N–H and O–H groups in total. The Labute approximate surface area is 120 Å². The average molecular weight is 297 g/mol. The number of nitrogens with one attached hydrogen (secondary N) is 2. The van der Waals surface area contributed by atoms with Crippen LogP contribution in [0.15, 0.2) is 18.2 Å². The zero-order chi connectivity index (χ0) is 16.0. The highest BCUT2D eigenvalue weighted by atomic mass is 19.1. The molecule has 0 aliphatic carbocycles. The van der Waals surface area contributed by atoms with Crippen LogP contribution in [0.5, 0.6) is 0 Å². The van der Waals surface area contributed by atoms with Gasteiger partial charge in [0.05, 0.1) is 17.8 Å². The Kier molecular flexibility index (Phi) is 5.65. The van der Waals surface area contributed by atoms with E-state index in [1.54, 1.807) is 14.0 Å². The van der Waals surface area contributed by atoms with Crippen LogP contribution in [-0.2, 0) is 4.79 Å². The quantitative estimate of drug-likeness (QED) is 0.758. The van der Waals surface area contributed by atoms with E-state index in [0.29, 0.717) is 6.54 Å². The zero-order valence-corrected chi connectivity index (χ0v) is 11.6. The smallest absolute Gasteiger partial charge is 0.337 e.